The van der Waals surface area contributed by atoms with Gasteiger partial charge in [-0.15, -0.1) is 0 Å². The maximum atomic E-state index is 10.8. The highest BCUT2D eigenvalue weighted by atomic mass is 16.6. The molecule has 2 aliphatic heterocycles. The first kappa shape index (κ1) is 20.7. The number of amidine groups is 1. The number of hydrogen-bond acceptors (Lipinski definition) is 8. The number of nitrogens with one attached hydrogen (secondary N) is 2. The first-order valence-corrected chi connectivity index (χ1v) is 10.8. The van der Waals surface area contributed by atoms with Crippen LogP contribution in [0.4, 0.5) is 17.1 Å². The smallest absolute Gasteiger partial charge is 0.193 e. The van der Waals surface area contributed by atoms with Crippen molar-refractivity contribution in [2.75, 3.05) is 43.8 Å². The molecule has 30 heavy (non-hydrogen) atoms. The standard InChI is InChI=1S/C22H30N6O2/c23-13-16(22(29)30-14-15-5-2-1-3-6-15)19-21(28-11-9-25-10-12-28)27-20-17(24)7-4-8-18(20)26-19/h4,7-8,15,22,25-26,29H,1-3,5-6,9-12,14,24H2/b19-16-. The molecule has 0 bridgehead atoms. The Balaban J connectivity index is 1.64. The van der Waals surface area contributed by atoms with Crippen LogP contribution < -0.4 is 16.4 Å². The Morgan fingerprint density at radius 3 is 2.80 bits per heavy atom. The van der Waals surface area contributed by atoms with E-state index in [-0.39, 0.29) is 5.57 Å². The molecule has 0 aromatic heterocycles. The second-order valence-corrected chi connectivity index (χ2v) is 8.13. The van der Waals surface area contributed by atoms with E-state index >= 15 is 0 Å². The number of nitrogens with two attached hydrogens (primary N) is 1. The molecule has 4 rings (SSSR count). The molecule has 160 valence electrons. The molecule has 8 nitrogen and oxygen atoms in total. The van der Waals surface area contributed by atoms with Gasteiger partial charge in [-0.3, -0.25) is 0 Å². The third kappa shape index (κ3) is 4.43. The predicted octanol–water partition coefficient (Wildman–Crippen LogP) is 2.32. The van der Waals surface area contributed by atoms with Gasteiger partial charge < -0.3 is 31.1 Å². The van der Waals surface area contributed by atoms with Gasteiger partial charge in [-0.1, -0.05) is 25.3 Å². The third-order valence-corrected chi connectivity index (χ3v) is 6.04. The summed E-state index contributed by atoms with van der Waals surface area (Å²) in [6.07, 6.45) is 4.61. The molecule has 2 fully saturated rings. The molecule has 8 heteroatoms. The van der Waals surface area contributed by atoms with Gasteiger partial charge in [0.1, 0.15) is 23.0 Å². The van der Waals surface area contributed by atoms with Gasteiger partial charge >= 0.3 is 0 Å². The van der Waals surface area contributed by atoms with Crippen LogP contribution in [0.3, 0.4) is 0 Å². The number of nitriles is 1. The molecule has 1 unspecified atom stereocenters. The quantitative estimate of drug-likeness (QED) is 0.342. The van der Waals surface area contributed by atoms with Crippen LogP contribution >= 0.6 is 0 Å². The van der Waals surface area contributed by atoms with E-state index in [1.165, 1.54) is 19.3 Å². The number of rotatable bonds is 4. The lowest BCUT2D eigenvalue weighted by atomic mass is 9.90. The number of ether oxygens (including phenoxy) is 1. The van der Waals surface area contributed by atoms with Gasteiger partial charge in [0, 0.05) is 26.2 Å². The number of para-hydroxylation sites is 1. The number of hydrogen-bond donors (Lipinski definition) is 4. The minimum Gasteiger partial charge on any atom is -0.397 e. The molecule has 1 aromatic carbocycles. The van der Waals surface area contributed by atoms with Crippen LogP contribution in [-0.4, -0.2) is 54.9 Å². The fraction of sp³-hybridized carbons (Fsp3) is 0.545. The molecule has 0 amide bonds. The first-order valence-electron chi connectivity index (χ1n) is 10.8. The molecule has 1 aromatic rings. The summed E-state index contributed by atoms with van der Waals surface area (Å²) in [4.78, 5) is 6.91. The number of piperazine rings is 1. The number of fused-ring (bicyclic) bond motifs is 1. The van der Waals surface area contributed by atoms with E-state index in [1.807, 2.05) is 12.1 Å². The highest BCUT2D eigenvalue weighted by Crippen LogP contribution is 2.38. The molecule has 3 aliphatic rings. The average molecular weight is 411 g/mol. The zero-order chi connectivity index (χ0) is 20.9. The predicted molar refractivity (Wildman–Crippen MR) is 117 cm³/mol. The maximum absolute atomic E-state index is 10.8. The highest BCUT2D eigenvalue weighted by molar-refractivity contribution is 6.08. The van der Waals surface area contributed by atoms with Gasteiger partial charge in [-0.25, -0.2) is 4.99 Å². The van der Waals surface area contributed by atoms with Crippen molar-refractivity contribution < 1.29 is 9.84 Å². The van der Waals surface area contributed by atoms with Crippen LogP contribution in [0.25, 0.3) is 0 Å². The highest BCUT2D eigenvalue weighted by Gasteiger charge is 2.30. The van der Waals surface area contributed by atoms with Crippen LogP contribution in [0.1, 0.15) is 32.1 Å². The van der Waals surface area contributed by atoms with E-state index in [0.29, 0.717) is 35.4 Å². The number of aliphatic hydroxyl groups is 1. The number of nitrogens with zero attached hydrogens (tertiary/aromatic N) is 3. The van der Waals surface area contributed by atoms with Crippen LogP contribution in [0.2, 0.25) is 0 Å². The number of aliphatic imine (C=N–C) groups is 1. The summed E-state index contributed by atoms with van der Waals surface area (Å²) in [5.74, 6) is 1.07. The van der Waals surface area contributed by atoms with Crippen molar-refractivity contribution in [3.8, 4) is 6.07 Å². The van der Waals surface area contributed by atoms with Crippen molar-refractivity contribution in [2.45, 2.75) is 38.4 Å². The number of anilines is 2. The van der Waals surface area contributed by atoms with Crippen LogP contribution in [-0.2, 0) is 4.74 Å². The summed E-state index contributed by atoms with van der Waals surface area (Å²) in [5.41, 5.74) is 8.73. The van der Waals surface area contributed by atoms with Crippen molar-refractivity contribution in [3.05, 3.63) is 29.5 Å². The zero-order valence-corrected chi connectivity index (χ0v) is 17.2. The Kier molecular flexibility index (Phi) is 6.53. The van der Waals surface area contributed by atoms with Crippen LogP contribution in [0.15, 0.2) is 34.5 Å². The second-order valence-electron chi connectivity index (χ2n) is 8.13. The van der Waals surface area contributed by atoms with E-state index in [9.17, 15) is 10.4 Å². The Hall–Kier alpha value is -2.60. The Bertz CT molecular complexity index is 863. The number of aliphatic hydroxyl groups excluding tert-OH is 1. The largest absolute Gasteiger partial charge is 0.397 e. The van der Waals surface area contributed by atoms with Crippen LogP contribution in [0, 0.1) is 17.2 Å². The fourth-order valence-electron chi connectivity index (χ4n) is 4.33. The molecular weight excluding hydrogens is 380 g/mol. The summed E-state index contributed by atoms with van der Waals surface area (Å²) in [5, 5.41) is 27.3. The lowest BCUT2D eigenvalue weighted by molar-refractivity contribution is -0.0846. The van der Waals surface area contributed by atoms with Gasteiger partial charge in [-0.05, 0) is 30.9 Å². The topological polar surface area (TPSA) is 119 Å². The fourth-order valence-corrected chi connectivity index (χ4v) is 4.33. The van der Waals surface area contributed by atoms with E-state index in [4.69, 9.17) is 15.5 Å². The summed E-state index contributed by atoms with van der Waals surface area (Å²) >= 11 is 0. The SMILES string of the molecule is N#C/C(=C1/Nc2cccc(N)c2N=C1N1CCNCC1)C(O)OCC1CCCCC1. The molecule has 0 radical (unpaired) electrons. The number of benzene rings is 1. The van der Waals surface area contributed by atoms with Crippen molar-refractivity contribution in [3.63, 3.8) is 0 Å². The molecule has 1 saturated heterocycles. The minimum absolute atomic E-state index is 0.149. The Labute approximate surface area is 177 Å². The lowest BCUT2D eigenvalue weighted by Crippen LogP contribution is -2.48. The lowest BCUT2D eigenvalue weighted by Gasteiger charge is -2.34. The van der Waals surface area contributed by atoms with E-state index in [1.54, 1.807) is 6.07 Å². The molecular formula is C22H30N6O2. The summed E-state index contributed by atoms with van der Waals surface area (Å²) < 4.78 is 5.76. The monoisotopic (exact) mass is 410 g/mol. The first-order chi connectivity index (χ1) is 14.7. The summed E-state index contributed by atoms with van der Waals surface area (Å²) in [6.45, 7) is 3.62. The third-order valence-electron chi connectivity index (χ3n) is 6.04. The van der Waals surface area contributed by atoms with Crippen molar-refractivity contribution in [1.82, 2.24) is 10.2 Å². The van der Waals surface area contributed by atoms with Crippen molar-refractivity contribution in [2.24, 2.45) is 10.9 Å². The molecule has 1 aliphatic carbocycles. The maximum Gasteiger partial charge on any atom is 0.193 e. The van der Waals surface area contributed by atoms with Crippen LogP contribution in [0.5, 0.6) is 0 Å². The minimum atomic E-state index is -1.30. The van der Waals surface area contributed by atoms with Gasteiger partial charge in [0.15, 0.2) is 12.1 Å². The molecule has 0 spiro atoms. The normalized spacial score (nSPS) is 22.4. The molecule has 2 heterocycles. The van der Waals surface area contributed by atoms with Crippen molar-refractivity contribution >= 4 is 22.9 Å². The van der Waals surface area contributed by atoms with Crippen molar-refractivity contribution in [1.29, 1.82) is 5.26 Å². The van der Waals surface area contributed by atoms with Gasteiger partial charge in [0.2, 0.25) is 0 Å². The zero-order valence-electron chi connectivity index (χ0n) is 17.2. The molecule has 5 N–H and O–H groups in total. The van der Waals surface area contributed by atoms with E-state index in [2.05, 4.69) is 21.6 Å². The second kappa shape index (κ2) is 9.47. The number of nitrogen functional groups attached to an aromatic ring is 1. The average Bonchev–Trinajstić information content (AvgIpc) is 2.79. The van der Waals surface area contributed by atoms with E-state index < -0.39 is 6.29 Å². The van der Waals surface area contributed by atoms with E-state index in [0.717, 1.165) is 44.7 Å². The Morgan fingerprint density at radius 2 is 2.07 bits per heavy atom. The summed E-state index contributed by atoms with van der Waals surface area (Å²) in [7, 11) is 0. The Morgan fingerprint density at radius 1 is 1.30 bits per heavy atom. The molecule has 1 saturated carbocycles. The van der Waals surface area contributed by atoms with Gasteiger partial charge in [0.05, 0.1) is 18.0 Å². The van der Waals surface area contributed by atoms with Gasteiger partial charge in [0.25, 0.3) is 0 Å². The summed E-state index contributed by atoms with van der Waals surface area (Å²) in [6, 6.07) is 7.68. The van der Waals surface area contributed by atoms with Gasteiger partial charge in [-0.2, -0.15) is 5.26 Å². The molecule has 1 atom stereocenters.